The van der Waals surface area contributed by atoms with Crippen molar-refractivity contribution in [1.82, 2.24) is 14.6 Å². The molecule has 28 heavy (non-hydrogen) atoms. The van der Waals surface area contributed by atoms with Crippen LogP contribution in [0.2, 0.25) is 0 Å². The van der Waals surface area contributed by atoms with Crippen molar-refractivity contribution in [2.45, 2.75) is 45.7 Å². The summed E-state index contributed by atoms with van der Waals surface area (Å²) in [5.74, 6) is -0.232. The molecule has 2 aromatic rings. The lowest BCUT2D eigenvalue weighted by molar-refractivity contribution is -0.141. The molecule has 1 amide bonds. The molecule has 1 aliphatic heterocycles. The number of fused-ring (bicyclic) bond motifs is 1. The highest BCUT2D eigenvalue weighted by Crippen LogP contribution is 2.31. The number of halogens is 4. The van der Waals surface area contributed by atoms with Crippen LogP contribution in [-0.4, -0.2) is 38.1 Å². The first kappa shape index (κ1) is 20.8. The van der Waals surface area contributed by atoms with Crippen molar-refractivity contribution in [2.24, 2.45) is 11.0 Å². The Balaban J connectivity index is 2.00. The highest BCUT2D eigenvalue weighted by Gasteiger charge is 2.35. The summed E-state index contributed by atoms with van der Waals surface area (Å²) < 4.78 is 40.8. The van der Waals surface area contributed by atoms with Gasteiger partial charge in [0.2, 0.25) is 5.91 Å². The van der Waals surface area contributed by atoms with E-state index in [1.165, 1.54) is 9.52 Å². The summed E-state index contributed by atoms with van der Waals surface area (Å²) in [6.07, 6.45) is -1.41. The Morgan fingerprint density at radius 2 is 2.00 bits per heavy atom. The standard InChI is InChI=1S/C19H22BrF3N4O/c1-12-10-17(28)26(9-5-3-4-8-20)25-18(12)14-7-6-13(2)27-15(14)11-16(24-27)19(21,22)23/h6-7,11-12H,3-5,8-10H2,1-2H3. The molecule has 1 aliphatic rings. The van der Waals surface area contributed by atoms with Crippen LogP contribution in [0.5, 0.6) is 0 Å². The van der Waals surface area contributed by atoms with E-state index in [4.69, 9.17) is 0 Å². The summed E-state index contributed by atoms with van der Waals surface area (Å²) in [4.78, 5) is 12.3. The highest BCUT2D eigenvalue weighted by molar-refractivity contribution is 9.09. The van der Waals surface area contributed by atoms with Gasteiger partial charge in [0, 0.05) is 35.5 Å². The second kappa shape index (κ2) is 8.23. The van der Waals surface area contributed by atoms with Gasteiger partial charge in [0.05, 0.1) is 11.2 Å². The molecule has 0 saturated carbocycles. The molecule has 3 rings (SSSR count). The van der Waals surface area contributed by atoms with E-state index in [0.717, 1.165) is 30.7 Å². The molecule has 0 saturated heterocycles. The minimum absolute atomic E-state index is 0.0530. The molecule has 0 aliphatic carbocycles. The number of hydrogen-bond donors (Lipinski definition) is 0. The summed E-state index contributed by atoms with van der Waals surface area (Å²) in [6, 6.07) is 4.54. The van der Waals surface area contributed by atoms with Crippen LogP contribution in [-0.2, 0) is 11.0 Å². The van der Waals surface area contributed by atoms with Crippen molar-refractivity contribution >= 4 is 33.1 Å². The van der Waals surface area contributed by atoms with E-state index in [1.807, 2.05) is 6.92 Å². The van der Waals surface area contributed by atoms with Gasteiger partial charge in [0.1, 0.15) is 0 Å². The largest absolute Gasteiger partial charge is 0.435 e. The fourth-order valence-electron chi connectivity index (χ4n) is 3.33. The van der Waals surface area contributed by atoms with Crippen LogP contribution in [0.25, 0.3) is 5.52 Å². The summed E-state index contributed by atoms with van der Waals surface area (Å²) in [5.41, 5.74) is 1.22. The number of pyridine rings is 1. The number of carbonyl (C=O) groups excluding carboxylic acids is 1. The normalized spacial score (nSPS) is 18.1. The predicted molar refractivity (Wildman–Crippen MR) is 105 cm³/mol. The lowest BCUT2D eigenvalue weighted by Gasteiger charge is -2.28. The third-order valence-electron chi connectivity index (χ3n) is 4.84. The molecular formula is C19H22BrF3N4O. The van der Waals surface area contributed by atoms with Crippen LogP contribution in [0, 0.1) is 12.8 Å². The Morgan fingerprint density at radius 3 is 2.68 bits per heavy atom. The molecule has 152 valence electrons. The first-order valence-corrected chi connectivity index (χ1v) is 10.4. The maximum absolute atomic E-state index is 13.2. The average Bonchev–Trinajstić information content (AvgIpc) is 3.08. The Labute approximate surface area is 169 Å². The first-order chi connectivity index (χ1) is 13.2. The lowest BCUT2D eigenvalue weighted by atomic mass is 9.93. The van der Waals surface area contributed by atoms with Gasteiger partial charge in [0.25, 0.3) is 0 Å². The molecule has 0 fully saturated rings. The van der Waals surface area contributed by atoms with Crippen LogP contribution < -0.4 is 0 Å². The highest BCUT2D eigenvalue weighted by atomic mass is 79.9. The van der Waals surface area contributed by atoms with Gasteiger partial charge in [0.15, 0.2) is 5.69 Å². The Kier molecular flexibility index (Phi) is 6.12. The Morgan fingerprint density at radius 1 is 1.25 bits per heavy atom. The zero-order valence-corrected chi connectivity index (χ0v) is 17.3. The molecule has 0 spiro atoms. The molecule has 0 aromatic carbocycles. The van der Waals surface area contributed by atoms with Crippen molar-refractivity contribution < 1.29 is 18.0 Å². The van der Waals surface area contributed by atoms with Gasteiger partial charge in [-0.3, -0.25) is 4.79 Å². The number of carbonyl (C=O) groups is 1. The predicted octanol–water partition coefficient (Wildman–Crippen LogP) is 4.80. The average molecular weight is 459 g/mol. The van der Waals surface area contributed by atoms with Gasteiger partial charge in [-0.1, -0.05) is 29.3 Å². The number of hydrazone groups is 1. The number of hydrogen-bond acceptors (Lipinski definition) is 3. The van der Waals surface area contributed by atoms with Crippen LogP contribution in [0.4, 0.5) is 13.2 Å². The number of unbranched alkanes of at least 4 members (excludes halogenated alkanes) is 2. The molecule has 2 aromatic heterocycles. The van der Waals surface area contributed by atoms with Crippen molar-refractivity contribution in [1.29, 1.82) is 0 Å². The van der Waals surface area contributed by atoms with Gasteiger partial charge >= 0.3 is 6.18 Å². The van der Waals surface area contributed by atoms with Crippen LogP contribution in [0.15, 0.2) is 23.3 Å². The summed E-state index contributed by atoms with van der Waals surface area (Å²) in [7, 11) is 0. The Bertz CT molecular complexity index is 906. The molecule has 1 unspecified atom stereocenters. The van der Waals surface area contributed by atoms with Crippen molar-refractivity contribution in [3.8, 4) is 0 Å². The van der Waals surface area contributed by atoms with E-state index in [0.29, 0.717) is 29.0 Å². The summed E-state index contributed by atoms with van der Waals surface area (Å²) in [5, 5.41) is 10.6. The lowest BCUT2D eigenvalue weighted by Crippen LogP contribution is -2.37. The van der Waals surface area contributed by atoms with E-state index in [-0.39, 0.29) is 18.2 Å². The molecule has 0 radical (unpaired) electrons. The number of nitrogens with zero attached hydrogens (tertiary/aromatic N) is 4. The van der Waals surface area contributed by atoms with E-state index in [2.05, 4.69) is 26.1 Å². The molecule has 0 bridgehead atoms. The molecule has 0 N–H and O–H groups in total. The maximum atomic E-state index is 13.2. The number of aryl methyl sites for hydroxylation is 1. The molecule has 9 heteroatoms. The second-order valence-corrected chi connectivity index (χ2v) is 7.86. The monoisotopic (exact) mass is 458 g/mol. The third-order valence-corrected chi connectivity index (χ3v) is 5.41. The molecule has 5 nitrogen and oxygen atoms in total. The van der Waals surface area contributed by atoms with Crippen molar-refractivity contribution in [2.75, 3.05) is 11.9 Å². The second-order valence-electron chi connectivity index (χ2n) is 7.07. The minimum Gasteiger partial charge on any atom is -0.273 e. The molecular weight excluding hydrogens is 437 g/mol. The van der Waals surface area contributed by atoms with Gasteiger partial charge in [-0.25, -0.2) is 9.52 Å². The fourth-order valence-corrected chi connectivity index (χ4v) is 3.73. The van der Waals surface area contributed by atoms with Crippen LogP contribution >= 0.6 is 15.9 Å². The number of rotatable bonds is 6. The summed E-state index contributed by atoms with van der Waals surface area (Å²) in [6.45, 7) is 4.09. The van der Waals surface area contributed by atoms with Gasteiger partial charge in [-0.2, -0.15) is 23.4 Å². The smallest absolute Gasteiger partial charge is 0.273 e. The quantitative estimate of drug-likeness (QED) is 0.461. The van der Waals surface area contributed by atoms with Crippen LogP contribution in [0.1, 0.15) is 49.6 Å². The SMILES string of the molecule is Cc1ccc(C2=NN(CCCCCBr)C(=O)CC2C)c2cc(C(F)(F)F)nn12. The van der Waals surface area contributed by atoms with E-state index >= 15 is 0 Å². The first-order valence-electron chi connectivity index (χ1n) is 9.24. The number of aromatic nitrogens is 2. The van der Waals surface area contributed by atoms with Crippen molar-refractivity contribution in [3.63, 3.8) is 0 Å². The maximum Gasteiger partial charge on any atom is 0.435 e. The topological polar surface area (TPSA) is 50.0 Å². The molecule has 3 heterocycles. The zero-order chi connectivity index (χ0) is 20.5. The molecule has 1 atom stereocenters. The third kappa shape index (κ3) is 4.24. The Hall–Kier alpha value is -1.90. The van der Waals surface area contributed by atoms with E-state index < -0.39 is 11.9 Å². The fraction of sp³-hybridized carbons (Fsp3) is 0.526. The van der Waals surface area contributed by atoms with E-state index in [1.54, 1.807) is 19.1 Å². The number of amides is 1. The summed E-state index contributed by atoms with van der Waals surface area (Å²) >= 11 is 3.38. The van der Waals surface area contributed by atoms with Crippen LogP contribution in [0.3, 0.4) is 0 Å². The van der Waals surface area contributed by atoms with Gasteiger partial charge in [-0.15, -0.1) is 0 Å². The number of alkyl halides is 4. The zero-order valence-electron chi connectivity index (χ0n) is 15.8. The van der Waals surface area contributed by atoms with Gasteiger partial charge in [-0.05, 0) is 38.0 Å². The van der Waals surface area contributed by atoms with E-state index in [9.17, 15) is 18.0 Å². The van der Waals surface area contributed by atoms with Gasteiger partial charge < -0.3 is 0 Å². The van der Waals surface area contributed by atoms with Crippen molar-refractivity contribution in [3.05, 3.63) is 35.2 Å². The minimum atomic E-state index is -4.52.